The number of aryl methyl sites for hydroxylation is 1. The first-order valence-corrected chi connectivity index (χ1v) is 6.29. The number of rotatable bonds is 5. The van der Waals surface area contributed by atoms with E-state index in [9.17, 15) is 0 Å². The molecule has 2 aromatic heterocycles. The van der Waals surface area contributed by atoms with Gasteiger partial charge in [0.1, 0.15) is 5.82 Å². The topological polar surface area (TPSA) is 75.9 Å². The summed E-state index contributed by atoms with van der Waals surface area (Å²) in [6, 6.07) is 4.03. The van der Waals surface area contributed by atoms with Gasteiger partial charge in [-0.15, -0.1) is 0 Å². The normalized spacial score (nSPS) is 10.2. The van der Waals surface area contributed by atoms with E-state index < -0.39 is 0 Å². The van der Waals surface area contributed by atoms with Crippen LogP contribution in [0, 0.1) is 6.92 Å². The average molecular weight is 249 g/mol. The van der Waals surface area contributed by atoms with Crippen molar-refractivity contribution in [2.24, 2.45) is 5.84 Å². The van der Waals surface area contributed by atoms with Crippen LogP contribution in [0.2, 0.25) is 0 Å². The first kappa shape index (κ1) is 11.8. The van der Waals surface area contributed by atoms with Gasteiger partial charge in [-0.05, 0) is 35.7 Å². The van der Waals surface area contributed by atoms with E-state index in [0.29, 0.717) is 5.95 Å². The van der Waals surface area contributed by atoms with Crippen molar-refractivity contribution in [1.29, 1.82) is 0 Å². The molecule has 6 heteroatoms. The van der Waals surface area contributed by atoms with Crippen LogP contribution in [0.5, 0.6) is 0 Å². The zero-order chi connectivity index (χ0) is 12.1. The molecule has 0 saturated heterocycles. The van der Waals surface area contributed by atoms with Crippen molar-refractivity contribution in [3.05, 3.63) is 34.2 Å². The maximum absolute atomic E-state index is 5.29. The lowest BCUT2D eigenvalue weighted by molar-refractivity contribution is 0.994. The average Bonchev–Trinajstić information content (AvgIpc) is 2.81. The molecule has 0 amide bonds. The highest BCUT2D eigenvalue weighted by Gasteiger charge is 2.00. The van der Waals surface area contributed by atoms with Crippen molar-refractivity contribution in [3.63, 3.8) is 0 Å². The fourth-order valence-electron chi connectivity index (χ4n) is 1.49. The van der Waals surface area contributed by atoms with E-state index in [0.717, 1.165) is 24.5 Å². The zero-order valence-electron chi connectivity index (χ0n) is 9.60. The number of nitrogen functional groups attached to an aromatic ring is 1. The minimum Gasteiger partial charge on any atom is -0.370 e. The number of hydrogen-bond acceptors (Lipinski definition) is 6. The third kappa shape index (κ3) is 3.40. The number of nitrogens with zero attached hydrogens (tertiary/aromatic N) is 2. The predicted octanol–water partition coefficient (Wildman–Crippen LogP) is 1.79. The van der Waals surface area contributed by atoms with Gasteiger partial charge in [0.05, 0.1) is 0 Å². The molecule has 0 aliphatic rings. The predicted molar refractivity (Wildman–Crippen MR) is 71.1 cm³/mol. The van der Waals surface area contributed by atoms with Gasteiger partial charge in [-0.25, -0.2) is 10.8 Å². The van der Waals surface area contributed by atoms with Crippen molar-refractivity contribution in [2.75, 3.05) is 17.3 Å². The van der Waals surface area contributed by atoms with Gasteiger partial charge in [0.15, 0.2) is 0 Å². The van der Waals surface area contributed by atoms with Crippen LogP contribution in [0.1, 0.15) is 11.3 Å². The summed E-state index contributed by atoms with van der Waals surface area (Å²) >= 11 is 1.71. The molecule has 17 heavy (non-hydrogen) atoms. The second-order valence-corrected chi connectivity index (χ2v) is 4.45. The summed E-state index contributed by atoms with van der Waals surface area (Å²) in [4.78, 5) is 8.34. The van der Waals surface area contributed by atoms with Crippen LogP contribution in [0.15, 0.2) is 22.9 Å². The molecule has 0 fully saturated rings. The van der Waals surface area contributed by atoms with E-state index in [2.05, 4.69) is 37.5 Å². The summed E-state index contributed by atoms with van der Waals surface area (Å²) in [6.45, 7) is 2.75. The molecule has 0 unspecified atom stereocenters. The van der Waals surface area contributed by atoms with Gasteiger partial charge < -0.3 is 5.32 Å². The highest BCUT2D eigenvalue weighted by atomic mass is 32.1. The van der Waals surface area contributed by atoms with Crippen LogP contribution in [0.4, 0.5) is 11.8 Å². The molecule has 2 rings (SSSR count). The number of hydrogen-bond donors (Lipinski definition) is 3. The summed E-state index contributed by atoms with van der Waals surface area (Å²) in [7, 11) is 0. The molecule has 0 aliphatic carbocycles. The minimum atomic E-state index is 0.433. The standard InChI is InChI=1S/C11H15N5S/c1-8-6-10(15-11(14-8)16-12)13-4-2-9-3-5-17-7-9/h3,5-7H,2,4,12H2,1H3,(H2,13,14,15,16). The summed E-state index contributed by atoms with van der Waals surface area (Å²) in [5.74, 6) is 6.52. The van der Waals surface area contributed by atoms with E-state index >= 15 is 0 Å². The Kier molecular flexibility index (Phi) is 3.89. The SMILES string of the molecule is Cc1cc(NCCc2ccsc2)nc(NN)n1. The molecule has 2 heterocycles. The van der Waals surface area contributed by atoms with Gasteiger partial charge >= 0.3 is 0 Å². The zero-order valence-corrected chi connectivity index (χ0v) is 10.4. The van der Waals surface area contributed by atoms with E-state index in [-0.39, 0.29) is 0 Å². The first-order valence-electron chi connectivity index (χ1n) is 5.35. The molecule has 0 aliphatic heterocycles. The van der Waals surface area contributed by atoms with Crippen LogP contribution in [0.25, 0.3) is 0 Å². The van der Waals surface area contributed by atoms with E-state index in [1.807, 2.05) is 13.0 Å². The monoisotopic (exact) mass is 249 g/mol. The molecule has 0 bridgehead atoms. The van der Waals surface area contributed by atoms with Crippen LogP contribution in [0.3, 0.4) is 0 Å². The molecular formula is C11H15N5S. The smallest absolute Gasteiger partial charge is 0.239 e. The van der Waals surface area contributed by atoms with Crippen molar-refractivity contribution >= 4 is 23.1 Å². The molecule has 0 radical (unpaired) electrons. The third-order valence-corrected chi connectivity index (χ3v) is 3.02. The van der Waals surface area contributed by atoms with Crippen LogP contribution in [-0.2, 0) is 6.42 Å². The highest BCUT2D eigenvalue weighted by molar-refractivity contribution is 7.07. The van der Waals surface area contributed by atoms with E-state index in [4.69, 9.17) is 5.84 Å². The molecule has 4 N–H and O–H groups in total. The second kappa shape index (κ2) is 5.60. The molecule has 0 atom stereocenters. The lowest BCUT2D eigenvalue weighted by Crippen LogP contribution is -2.13. The summed E-state index contributed by atoms with van der Waals surface area (Å²) < 4.78 is 0. The Morgan fingerprint density at radius 3 is 3.00 bits per heavy atom. The quantitative estimate of drug-likeness (QED) is 0.556. The molecule has 90 valence electrons. The number of hydrazine groups is 1. The number of nitrogens with one attached hydrogen (secondary N) is 2. The minimum absolute atomic E-state index is 0.433. The Morgan fingerprint density at radius 2 is 2.29 bits per heavy atom. The number of thiophene rings is 1. The Balaban J connectivity index is 1.92. The molecule has 0 spiro atoms. The van der Waals surface area contributed by atoms with Gasteiger partial charge in [-0.2, -0.15) is 16.3 Å². The molecule has 2 aromatic rings. The molecule has 0 aromatic carbocycles. The highest BCUT2D eigenvalue weighted by Crippen LogP contribution is 2.10. The van der Waals surface area contributed by atoms with Gasteiger partial charge in [0.25, 0.3) is 0 Å². The van der Waals surface area contributed by atoms with Crippen LogP contribution >= 0.6 is 11.3 Å². The third-order valence-electron chi connectivity index (χ3n) is 2.28. The Labute approximate surface area is 104 Å². The van der Waals surface area contributed by atoms with Crippen molar-refractivity contribution in [2.45, 2.75) is 13.3 Å². The Bertz CT molecular complexity index is 469. The van der Waals surface area contributed by atoms with Gasteiger partial charge in [-0.1, -0.05) is 0 Å². The summed E-state index contributed by atoms with van der Waals surface area (Å²) in [6.07, 6.45) is 0.984. The lowest BCUT2D eigenvalue weighted by Gasteiger charge is -2.07. The fraction of sp³-hybridized carbons (Fsp3) is 0.273. The van der Waals surface area contributed by atoms with Gasteiger partial charge in [-0.3, -0.25) is 5.43 Å². The molecule has 0 saturated carbocycles. The lowest BCUT2D eigenvalue weighted by atomic mass is 10.2. The number of aromatic nitrogens is 2. The van der Waals surface area contributed by atoms with Crippen molar-refractivity contribution in [3.8, 4) is 0 Å². The van der Waals surface area contributed by atoms with E-state index in [1.165, 1.54) is 5.56 Å². The van der Waals surface area contributed by atoms with Crippen LogP contribution < -0.4 is 16.6 Å². The Morgan fingerprint density at radius 1 is 1.41 bits per heavy atom. The first-order chi connectivity index (χ1) is 8.28. The van der Waals surface area contributed by atoms with Crippen LogP contribution in [-0.4, -0.2) is 16.5 Å². The van der Waals surface area contributed by atoms with Gasteiger partial charge in [0, 0.05) is 18.3 Å². The maximum atomic E-state index is 5.29. The van der Waals surface area contributed by atoms with Crippen molar-refractivity contribution < 1.29 is 0 Å². The summed E-state index contributed by atoms with van der Waals surface area (Å²) in [5, 5.41) is 7.49. The molecular weight excluding hydrogens is 234 g/mol. The van der Waals surface area contributed by atoms with Crippen molar-refractivity contribution in [1.82, 2.24) is 9.97 Å². The Hall–Kier alpha value is -1.66. The second-order valence-electron chi connectivity index (χ2n) is 3.67. The fourth-order valence-corrected chi connectivity index (χ4v) is 2.20. The van der Waals surface area contributed by atoms with Gasteiger partial charge in [0.2, 0.25) is 5.95 Å². The number of anilines is 2. The maximum Gasteiger partial charge on any atom is 0.239 e. The summed E-state index contributed by atoms with van der Waals surface area (Å²) in [5.41, 5.74) is 4.67. The molecule has 5 nitrogen and oxygen atoms in total. The largest absolute Gasteiger partial charge is 0.370 e. The van der Waals surface area contributed by atoms with E-state index in [1.54, 1.807) is 11.3 Å². The number of nitrogens with two attached hydrogens (primary N) is 1.